The molecule has 2 aromatic rings. The zero-order valence-electron chi connectivity index (χ0n) is 13.6. The van der Waals surface area contributed by atoms with Gasteiger partial charge in [0.2, 0.25) is 0 Å². The van der Waals surface area contributed by atoms with Crippen LogP contribution in [0.4, 0.5) is 5.82 Å². The molecule has 3 heterocycles. The second-order valence-corrected chi connectivity index (χ2v) is 6.58. The third-order valence-electron chi connectivity index (χ3n) is 5.32. The van der Waals surface area contributed by atoms with Crippen molar-refractivity contribution in [1.29, 1.82) is 0 Å². The lowest BCUT2D eigenvalue weighted by Gasteiger charge is -2.30. The van der Waals surface area contributed by atoms with E-state index in [4.69, 9.17) is 0 Å². The fraction of sp³-hybridized carbons (Fsp3) is 0.471. The number of anilines is 1. The van der Waals surface area contributed by atoms with E-state index in [1.165, 1.54) is 6.33 Å². The Balaban J connectivity index is 1.48. The molecule has 124 valence electrons. The lowest BCUT2D eigenvalue weighted by atomic mass is 9.97. The van der Waals surface area contributed by atoms with Gasteiger partial charge in [-0.1, -0.05) is 0 Å². The van der Waals surface area contributed by atoms with Crippen LogP contribution in [0.2, 0.25) is 0 Å². The molecule has 0 bridgehead atoms. The lowest BCUT2D eigenvalue weighted by molar-refractivity contribution is 0.0778. The van der Waals surface area contributed by atoms with Crippen molar-refractivity contribution in [2.75, 3.05) is 25.0 Å². The third kappa shape index (κ3) is 2.60. The van der Waals surface area contributed by atoms with Crippen LogP contribution in [0.3, 0.4) is 0 Å². The van der Waals surface area contributed by atoms with Crippen molar-refractivity contribution in [1.82, 2.24) is 24.8 Å². The van der Waals surface area contributed by atoms with Crippen molar-refractivity contribution >= 4 is 11.7 Å². The number of amides is 1. The van der Waals surface area contributed by atoms with Gasteiger partial charge in [-0.2, -0.15) is 0 Å². The molecular weight excluding hydrogens is 304 g/mol. The fourth-order valence-electron chi connectivity index (χ4n) is 4.12. The quantitative estimate of drug-likeness (QED) is 0.846. The Morgan fingerprint density at radius 3 is 2.71 bits per heavy atom. The number of nitrogens with zero attached hydrogens (tertiary/aromatic N) is 6. The van der Waals surface area contributed by atoms with E-state index in [1.807, 2.05) is 4.90 Å². The van der Waals surface area contributed by atoms with Gasteiger partial charge in [-0.15, -0.1) is 0 Å². The zero-order chi connectivity index (χ0) is 16.5. The number of carbonyl (C=O) groups is 1. The summed E-state index contributed by atoms with van der Waals surface area (Å²) in [5.74, 6) is 1.96. The maximum atomic E-state index is 12.6. The summed E-state index contributed by atoms with van der Waals surface area (Å²) in [4.78, 5) is 33.3. The van der Waals surface area contributed by atoms with Gasteiger partial charge in [-0.25, -0.2) is 15.0 Å². The van der Waals surface area contributed by atoms with Crippen molar-refractivity contribution in [2.45, 2.75) is 18.9 Å². The smallest absolute Gasteiger partial charge is 0.257 e. The van der Waals surface area contributed by atoms with Crippen LogP contribution in [0, 0.1) is 11.8 Å². The van der Waals surface area contributed by atoms with Crippen LogP contribution in [0.5, 0.6) is 0 Å². The highest BCUT2D eigenvalue weighted by molar-refractivity contribution is 5.93. The van der Waals surface area contributed by atoms with E-state index in [9.17, 15) is 4.79 Å². The van der Waals surface area contributed by atoms with Gasteiger partial charge in [0.05, 0.1) is 11.8 Å². The summed E-state index contributed by atoms with van der Waals surface area (Å²) >= 11 is 0. The largest absolute Gasteiger partial charge is 0.355 e. The Morgan fingerprint density at radius 2 is 1.96 bits per heavy atom. The Morgan fingerprint density at radius 1 is 1.12 bits per heavy atom. The van der Waals surface area contributed by atoms with Gasteiger partial charge in [0, 0.05) is 56.9 Å². The van der Waals surface area contributed by atoms with Gasteiger partial charge >= 0.3 is 0 Å². The minimum Gasteiger partial charge on any atom is -0.355 e. The maximum absolute atomic E-state index is 12.6. The Labute approximate surface area is 140 Å². The normalized spacial score (nSPS) is 25.5. The van der Waals surface area contributed by atoms with Crippen LogP contribution in [0.25, 0.3) is 0 Å². The lowest BCUT2D eigenvalue weighted by Crippen LogP contribution is -2.39. The van der Waals surface area contributed by atoms with Crippen LogP contribution < -0.4 is 4.90 Å². The van der Waals surface area contributed by atoms with Gasteiger partial charge in [0.1, 0.15) is 12.1 Å². The molecule has 0 radical (unpaired) electrons. The molecule has 2 aliphatic rings. The summed E-state index contributed by atoms with van der Waals surface area (Å²) in [5.41, 5.74) is 0.566. The van der Waals surface area contributed by atoms with Crippen molar-refractivity contribution in [2.24, 2.45) is 11.8 Å². The minimum atomic E-state index is 0.0332. The van der Waals surface area contributed by atoms with Gasteiger partial charge < -0.3 is 9.80 Å². The molecule has 1 aliphatic carbocycles. The molecule has 0 N–H and O–H groups in total. The van der Waals surface area contributed by atoms with Gasteiger partial charge in [-0.05, 0) is 18.8 Å². The van der Waals surface area contributed by atoms with Gasteiger partial charge in [0.25, 0.3) is 5.91 Å². The van der Waals surface area contributed by atoms with Crippen LogP contribution in [-0.4, -0.2) is 56.9 Å². The van der Waals surface area contributed by atoms with Gasteiger partial charge in [0.15, 0.2) is 0 Å². The molecule has 4 rings (SSSR count). The molecule has 3 atom stereocenters. The van der Waals surface area contributed by atoms with E-state index < -0.39 is 0 Å². The second-order valence-electron chi connectivity index (χ2n) is 6.58. The Bertz CT molecular complexity index is 710. The topological polar surface area (TPSA) is 75.1 Å². The zero-order valence-corrected chi connectivity index (χ0v) is 13.6. The van der Waals surface area contributed by atoms with E-state index in [1.54, 1.807) is 31.0 Å². The summed E-state index contributed by atoms with van der Waals surface area (Å²) < 4.78 is 0. The molecule has 2 fully saturated rings. The molecule has 2 aromatic heterocycles. The maximum Gasteiger partial charge on any atom is 0.257 e. The highest BCUT2D eigenvalue weighted by atomic mass is 16.2. The van der Waals surface area contributed by atoms with E-state index in [0.29, 0.717) is 23.4 Å². The molecule has 1 aliphatic heterocycles. The number of carbonyl (C=O) groups excluding carboxylic acids is 1. The van der Waals surface area contributed by atoms with Gasteiger partial charge in [-0.3, -0.25) is 9.78 Å². The van der Waals surface area contributed by atoms with Crippen LogP contribution in [-0.2, 0) is 0 Å². The third-order valence-corrected chi connectivity index (χ3v) is 5.32. The highest BCUT2D eigenvalue weighted by Crippen LogP contribution is 2.41. The predicted octanol–water partition coefficient (Wildman–Crippen LogP) is 1.25. The number of fused-ring (bicyclic) bond motifs is 1. The molecule has 0 unspecified atom stereocenters. The first kappa shape index (κ1) is 15.0. The monoisotopic (exact) mass is 324 g/mol. The number of rotatable bonds is 3. The molecule has 0 aromatic carbocycles. The SMILES string of the molecule is CN(c1cnccn1)[C@@H]1CC[C@@H]2CN(C(=O)c3cncnc3)C[C@@H]21. The summed E-state index contributed by atoms with van der Waals surface area (Å²) in [6.07, 6.45) is 12.1. The molecular formula is C17H20N6O. The number of hydrogen-bond donors (Lipinski definition) is 0. The first-order valence-electron chi connectivity index (χ1n) is 8.27. The predicted molar refractivity (Wildman–Crippen MR) is 88.4 cm³/mol. The summed E-state index contributed by atoms with van der Waals surface area (Å²) in [6.45, 7) is 1.61. The molecule has 7 heteroatoms. The Hall–Kier alpha value is -2.57. The molecule has 1 amide bonds. The van der Waals surface area contributed by atoms with Crippen molar-refractivity contribution < 1.29 is 4.79 Å². The summed E-state index contributed by atoms with van der Waals surface area (Å²) in [6, 6.07) is 0.400. The highest BCUT2D eigenvalue weighted by Gasteiger charge is 2.45. The average Bonchev–Trinajstić information content (AvgIpc) is 3.22. The van der Waals surface area contributed by atoms with E-state index >= 15 is 0 Å². The standard InChI is InChI=1S/C17H20N6O/c1-22(16-8-18-4-5-21-16)15-3-2-12-9-23(10-14(12)15)17(24)13-6-19-11-20-7-13/h4-8,11-12,14-15H,2-3,9-10H2,1H3/t12-,14+,15-/m1/s1. The van der Waals surface area contributed by atoms with E-state index in [2.05, 4.69) is 31.9 Å². The molecule has 1 saturated heterocycles. The number of likely N-dealkylation sites (tertiary alicyclic amines) is 1. The number of aromatic nitrogens is 4. The first-order chi connectivity index (χ1) is 11.7. The van der Waals surface area contributed by atoms with Crippen LogP contribution in [0.1, 0.15) is 23.2 Å². The fourth-order valence-corrected chi connectivity index (χ4v) is 4.12. The molecule has 7 nitrogen and oxygen atoms in total. The molecule has 24 heavy (non-hydrogen) atoms. The summed E-state index contributed by atoms with van der Waals surface area (Å²) in [7, 11) is 2.08. The minimum absolute atomic E-state index is 0.0332. The van der Waals surface area contributed by atoms with Crippen molar-refractivity contribution in [3.63, 3.8) is 0 Å². The Kier molecular flexibility index (Phi) is 3.84. The van der Waals surface area contributed by atoms with Crippen molar-refractivity contribution in [3.05, 3.63) is 42.9 Å². The molecule has 1 saturated carbocycles. The second kappa shape index (κ2) is 6.14. The van der Waals surface area contributed by atoms with E-state index in [-0.39, 0.29) is 5.91 Å². The summed E-state index contributed by atoms with van der Waals surface area (Å²) in [5, 5.41) is 0. The number of hydrogen-bond acceptors (Lipinski definition) is 6. The first-order valence-corrected chi connectivity index (χ1v) is 8.27. The molecule has 0 spiro atoms. The van der Waals surface area contributed by atoms with E-state index in [0.717, 1.165) is 31.7 Å². The van der Waals surface area contributed by atoms with Crippen molar-refractivity contribution in [3.8, 4) is 0 Å². The average molecular weight is 324 g/mol. The van der Waals surface area contributed by atoms with Crippen LogP contribution in [0.15, 0.2) is 37.3 Å². The van der Waals surface area contributed by atoms with Crippen LogP contribution >= 0.6 is 0 Å².